The summed E-state index contributed by atoms with van der Waals surface area (Å²) in [6.45, 7) is 4.49. The van der Waals surface area contributed by atoms with E-state index in [9.17, 15) is 9.18 Å². The van der Waals surface area contributed by atoms with E-state index >= 15 is 0 Å². The van der Waals surface area contributed by atoms with Crippen LogP contribution in [0.1, 0.15) is 25.8 Å². The molecule has 1 rings (SSSR count). The van der Waals surface area contributed by atoms with Gasteiger partial charge in [-0.2, -0.15) is 0 Å². The van der Waals surface area contributed by atoms with E-state index in [0.29, 0.717) is 17.3 Å². The number of carbonyl (C=O) groups excluding carboxylic acids is 1. The van der Waals surface area contributed by atoms with Crippen molar-refractivity contribution in [3.05, 3.63) is 29.6 Å². The van der Waals surface area contributed by atoms with Crippen LogP contribution in [0.3, 0.4) is 0 Å². The molecule has 2 N–H and O–H groups in total. The molecule has 0 aliphatic carbocycles. The van der Waals surface area contributed by atoms with Gasteiger partial charge in [-0.15, -0.1) is 24.0 Å². The molecule has 0 aliphatic rings. The van der Waals surface area contributed by atoms with Crippen molar-refractivity contribution in [2.75, 3.05) is 27.7 Å². The number of benzene rings is 1. The highest BCUT2D eigenvalue weighted by Gasteiger charge is 2.08. The van der Waals surface area contributed by atoms with Crippen molar-refractivity contribution >= 4 is 35.8 Å². The molecule has 0 aromatic heterocycles. The maximum atomic E-state index is 13.5. The molecule has 0 bridgehead atoms. The van der Waals surface area contributed by atoms with Gasteiger partial charge in [-0.3, -0.25) is 4.79 Å². The number of nitrogens with zero attached hydrogens (tertiary/aromatic N) is 2. The summed E-state index contributed by atoms with van der Waals surface area (Å²) >= 11 is 0. The minimum atomic E-state index is -0.369. The number of guanidine groups is 1. The van der Waals surface area contributed by atoms with Crippen LogP contribution in [-0.2, 0) is 11.3 Å². The Bertz CT molecular complexity index is 582. The van der Waals surface area contributed by atoms with Crippen molar-refractivity contribution < 1.29 is 13.9 Å². The van der Waals surface area contributed by atoms with Gasteiger partial charge in [0, 0.05) is 26.2 Å². The van der Waals surface area contributed by atoms with Crippen molar-refractivity contribution in [3.8, 4) is 5.75 Å². The molecule has 0 heterocycles. The highest BCUT2D eigenvalue weighted by molar-refractivity contribution is 14.0. The summed E-state index contributed by atoms with van der Waals surface area (Å²) in [6, 6.07) is 4.67. The van der Waals surface area contributed by atoms with Gasteiger partial charge in [-0.05, 0) is 31.0 Å². The molecule has 1 atom stereocenters. The number of hydrogen-bond acceptors (Lipinski definition) is 3. The van der Waals surface area contributed by atoms with Gasteiger partial charge in [0.25, 0.3) is 0 Å². The number of nitrogens with one attached hydrogen (secondary N) is 2. The number of aliphatic imine (C=N–C) groups is 1. The topological polar surface area (TPSA) is 66.0 Å². The number of methoxy groups -OCH3 is 1. The molecule has 0 spiro atoms. The van der Waals surface area contributed by atoms with Crippen molar-refractivity contribution in [1.29, 1.82) is 0 Å². The highest BCUT2D eigenvalue weighted by atomic mass is 127. The Kier molecular flexibility index (Phi) is 11.1. The van der Waals surface area contributed by atoms with Gasteiger partial charge in [0.05, 0.1) is 20.2 Å². The van der Waals surface area contributed by atoms with E-state index in [2.05, 4.69) is 22.5 Å². The lowest BCUT2D eigenvalue weighted by Gasteiger charge is -2.18. The third-order valence-electron chi connectivity index (χ3n) is 3.49. The summed E-state index contributed by atoms with van der Waals surface area (Å²) in [7, 11) is 4.88. The van der Waals surface area contributed by atoms with Crippen LogP contribution in [0.15, 0.2) is 23.2 Å². The monoisotopic (exact) mass is 466 g/mol. The van der Waals surface area contributed by atoms with Crippen molar-refractivity contribution in [2.24, 2.45) is 4.99 Å². The Balaban J connectivity index is 0.00000576. The van der Waals surface area contributed by atoms with Crippen LogP contribution in [0.5, 0.6) is 5.75 Å². The number of hydrogen-bond donors (Lipinski definition) is 2. The Morgan fingerprint density at radius 2 is 2.04 bits per heavy atom. The van der Waals surface area contributed by atoms with Crippen LogP contribution < -0.4 is 15.4 Å². The highest BCUT2D eigenvalue weighted by Crippen LogP contribution is 2.16. The Labute approximate surface area is 166 Å². The summed E-state index contributed by atoms with van der Waals surface area (Å²) in [5, 5.41) is 6.22. The van der Waals surface area contributed by atoms with Gasteiger partial charge in [0.15, 0.2) is 5.96 Å². The first-order valence-corrected chi connectivity index (χ1v) is 7.94. The van der Waals surface area contributed by atoms with Gasteiger partial charge in [0.2, 0.25) is 5.91 Å². The van der Waals surface area contributed by atoms with E-state index in [1.54, 1.807) is 20.2 Å². The maximum absolute atomic E-state index is 13.5. The fourth-order valence-electron chi connectivity index (χ4n) is 1.81. The second kappa shape index (κ2) is 11.9. The standard InChI is InChI=1S/C17H27FN4O2.HI/c1-6-12(2)21-17(20-11-16(23)22(3)4)19-10-13-7-14(18)9-15(8-13)24-5;/h7-9,12H,6,10-11H2,1-5H3,(H2,19,20,21);1H. The molecule has 1 aromatic rings. The minimum Gasteiger partial charge on any atom is -0.497 e. The maximum Gasteiger partial charge on any atom is 0.241 e. The minimum absolute atomic E-state index is 0. The number of likely N-dealkylation sites (N-methyl/N-ethyl adjacent to an activating group) is 1. The van der Waals surface area contributed by atoms with Crippen molar-refractivity contribution in [3.63, 3.8) is 0 Å². The quantitative estimate of drug-likeness (QED) is 0.368. The average Bonchev–Trinajstić information content (AvgIpc) is 2.55. The molecule has 8 heteroatoms. The van der Waals surface area contributed by atoms with E-state index in [-0.39, 0.29) is 54.8 Å². The number of rotatable bonds is 7. The summed E-state index contributed by atoms with van der Waals surface area (Å²) in [6.07, 6.45) is 0.913. The molecule has 142 valence electrons. The molecule has 6 nitrogen and oxygen atoms in total. The zero-order valence-corrected chi connectivity index (χ0v) is 17.8. The molecule has 0 radical (unpaired) electrons. The first kappa shape index (κ1) is 23.4. The van der Waals surface area contributed by atoms with Gasteiger partial charge in [-0.25, -0.2) is 9.38 Å². The molecule has 0 saturated heterocycles. The summed E-state index contributed by atoms with van der Waals surface area (Å²) in [4.78, 5) is 17.7. The second-order valence-electron chi connectivity index (χ2n) is 5.76. The van der Waals surface area contributed by atoms with Gasteiger partial charge in [0.1, 0.15) is 11.6 Å². The first-order valence-electron chi connectivity index (χ1n) is 7.94. The predicted octanol–water partition coefficient (Wildman–Crippen LogP) is 2.37. The Morgan fingerprint density at radius 3 is 2.60 bits per heavy atom. The average molecular weight is 466 g/mol. The SMILES string of the molecule is CCC(C)NC(=NCc1cc(F)cc(OC)c1)NCC(=O)N(C)C.I. The Hall–Kier alpha value is -1.58. The van der Waals surface area contributed by atoms with Crippen LogP contribution in [0.2, 0.25) is 0 Å². The number of carbonyl (C=O) groups is 1. The van der Waals surface area contributed by atoms with E-state index in [0.717, 1.165) is 6.42 Å². The molecule has 1 unspecified atom stereocenters. The molecule has 0 fully saturated rings. The molecule has 25 heavy (non-hydrogen) atoms. The van der Waals surface area contributed by atoms with Crippen molar-refractivity contribution in [2.45, 2.75) is 32.9 Å². The number of ether oxygens (including phenoxy) is 1. The van der Waals surface area contributed by atoms with Crippen LogP contribution >= 0.6 is 24.0 Å². The van der Waals surface area contributed by atoms with Gasteiger partial charge >= 0.3 is 0 Å². The molecular formula is C17H28FIN4O2. The van der Waals surface area contributed by atoms with E-state index < -0.39 is 0 Å². The molecular weight excluding hydrogens is 438 g/mol. The lowest BCUT2D eigenvalue weighted by Crippen LogP contribution is -2.45. The van der Waals surface area contributed by atoms with Crippen LogP contribution in [0, 0.1) is 5.82 Å². The van der Waals surface area contributed by atoms with Crippen LogP contribution in [-0.4, -0.2) is 50.6 Å². The fraction of sp³-hybridized carbons (Fsp3) is 0.529. The summed E-state index contributed by atoms with van der Waals surface area (Å²) in [5.74, 6) is 0.544. The third kappa shape index (κ3) is 8.89. The normalized spacial score (nSPS) is 12.0. The molecule has 1 aromatic carbocycles. The predicted molar refractivity (Wildman–Crippen MR) is 109 cm³/mol. The largest absolute Gasteiger partial charge is 0.497 e. The third-order valence-corrected chi connectivity index (χ3v) is 3.49. The molecule has 0 aliphatic heterocycles. The summed E-state index contributed by atoms with van der Waals surface area (Å²) < 4.78 is 18.6. The zero-order chi connectivity index (χ0) is 18.1. The summed E-state index contributed by atoms with van der Waals surface area (Å²) in [5.41, 5.74) is 0.691. The zero-order valence-electron chi connectivity index (χ0n) is 15.4. The second-order valence-corrected chi connectivity index (χ2v) is 5.76. The van der Waals surface area contributed by atoms with E-state index in [1.807, 2.05) is 6.92 Å². The van der Waals surface area contributed by atoms with E-state index in [1.165, 1.54) is 24.1 Å². The number of amides is 1. The molecule has 1 amide bonds. The van der Waals surface area contributed by atoms with Crippen molar-refractivity contribution in [1.82, 2.24) is 15.5 Å². The van der Waals surface area contributed by atoms with Gasteiger partial charge in [-0.1, -0.05) is 6.92 Å². The van der Waals surface area contributed by atoms with Crippen LogP contribution in [0.4, 0.5) is 4.39 Å². The lowest BCUT2D eigenvalue weighted by atomic mass is 10.2. The van der Waals surface area contributed by atoms with Gasteiger partial charge < -0.3 is 20.3 Å². The van der Waals surface area contributed by atoms with E-state index in [4.69, 9.17) is 4.74 Å². The lowest BCUT2D eigenvalue weighted by molar-refractivity contribution is -0.127. The smallest absolute Gasteiger partial charge is 0.241 e. The fourth-order valence-corrected chi connectivity index (χ4v) is 1.81. The Morgan fingerprint density at radius 1 is 1.36 bits per heavy atom. The number of halogens is 2. The first-order chi connectivity index (χ1) is 11.3. The van der Waals surface area contributed by atoms with Crippen LogP contribution in [0.25, 0.3) is 0 Å². The molecule has 0 saturated carbocycles.